The molecule has 0 aromatic rings. The SMILES string of the molecule is CCC(C)N1CCN(C2CCCC(NC)(C(=O)O)C2)CC1. The molecule has 1 saturated carbocycles. The van der Waals surface area contributed by atoms with Crippen LogP contribution in [0.2, 0.25) is 0 Å². The van der Waals surface area contributed by atoms with Gasteiger partial charge in [0.15, 0.2) is 0 Å². The first-order valence-corrected chi connectivity index (χ1v) is 8.43. The molecule has 0 aromatic carbocycles. The van der Waals surface area contributed by atoms with E-state index in [1.165, 1.54) is 6.42 Å². The third-order valence-electron chi connectivity index (χ3n) is 5.69. The van der Waals surface area contributed by atoms with E-state index in [1.807, 2.05) is 0 Å². The van der Waals surface area contributed by atoms with Gasteiger partial charge < -0.3 is 10.4 Å². The quantitative estimate of drug-likeness (QED) is 0.803. The molecule has 2 aliphatic rings. The van der Waals surface area contributed by atoms with Gasteiger partial charge in [0.05, 0.1) is 0 Å². The summed E-state index contributed by atoms with van der Waals surface area (Å²) < 4.78 is 0. The Kier molecular flexibility index (Phi) is 5.63. The van der Waals surface area contributed by atoms with Crippen LogP contribution in [-0.4, -0.2) is 71.7 Å². The second kappa shape index (κ2) is 7.07. The zero-order chi connectivity index (χ0) is 15.5. The first kappa shape index (κ1) is 16.7. The number of likely N-dealkylation sites (N-methyl/N-ethyl adjacent to an activating group) is 1. The highest BCUT2D eigenvalue weighted by atomic mass is 16.4. The number of nitrogens with zero attached hydrogens (tertiary/aromatic N) is 2. The fourth-order valence-electron chi connectivity index (χ4n) is 3.89. The number of piperazine rings is 1. The average molecular weight is 297 g/mol. The van der Waals surface area contributed by atoms with E-state index >= 15 is 0 Å². The highest BCUT2D eigenvalue weighted by Gasteiger charge is 2.43. The molecule has 3 unspecified atom stereocenters. The number of nitrogens with one attached hydrogen (secondary N) is 1. The number of carbonyl (C=O) groups is 1. The zero-order valence-electron chi connectivity index (χ0n) is 13.8. The first-order chi connectivity index (χ1) is 10.0. The second-order valence-electron chi connectivity index (χ2n) is 6.72. The van der Waals surface area contributed by atoms with Crippen molar-refractivity contribution in [3.05, 3.63) is 0 Å². The molecule has 3 atom stereocenters. The van der Waals surface area contributed by atoms with Gasteiger partial charge in [0, 0.05) is 38.3 Å². The predicted molar refractivity (Wildman–Crippen MR) is 84.6 cm³/mol. The molecule has 21 heavy (non-hydrogen) atoms. The summed E-state index contributed by atoms with van der Waals surface area (Å²) in [6.45, 7) is 8.93. The molecule has 0 spiro atoms. The Hall–Kier alpha value is -0.650. The Morgan fingerprint density at radius 2 is 2.05 bits per heavy atom. The van der Waals surface area contributed by atoms with Crippen LogP contribution < -0.4 is 5.32 Å². The van der Waals surface area contributed by atoms with Gasteiger partial charge in [-0.2, -0.15) is 0 Å². The van der Waals surface area contributed by atoms with Crippen molar-refractivity contribution in [1.29, 1.82) is 0 Å². The predicted octanol–water partition coefficient (Wildman–Crippen LogP) is 1.39. The fraction of sp³-hybridized carbons (Fsp3) is 0.938. The van der Waals surface area contributed by atoms with Crippen molar-refractivity contribution in [2.75, 3.05) is 33.2 Å². The lowest BCUT2D eigenvalue weighted by molar-refractivity contribution is -0.147. The molecule has 0 bridgehead atoms. The summed E-state index contributed by atoms with van der Waals surface area (Å²) in [5, 5.41) is 12.6. The minimum Gasteiger partial charge on any atom is -0.480 e. The molecular formula is C16H31N3O2. The number of hydrogen-bond donors (Lipinski definition) is 2. The molecule has 0 aromatic heterocycles. The van der Waals surface area contributed by atoms with Crippen molar-refractivity contribution in [1.82, 2.24) is 15.1 Å². The van der Waals surface area contributed by atoms with Crippen LogP contribution in [0.1, 0.15) is 46.0 Å². The van der Waals surface area contributed by atoms with Gasteiger partial charge >= 0.3 is 5.97 Å². The maximum absolute atomic E-state index is 11.6. The Morgan fingerprint density at radius 3 is 2.57 bits per heavy atom. The van der Waals surface area contributed by atoms with E-state index in [-0.39, 0.29) is 0 Å². The zero-order valence-corrected chi connectivity index (χ0v) is 13.8. The molecule has 1 aliphatic heterocycles. The maximum atomic E-state index is 11.6. The lowest BCUT2D eigenvalue weighted by Crippen LogP contribution is -2.60. The number of carboxylic acid groups (broad SMARTS) is 1. The fourth-order valence-corrected chi connectivity index (χ4v) is 3.89. The summed E-state index contributed by atoms with van der Waals surface area (Å²) in [6.07, 6.45) is 4.83. The molecule has 1 aliphatic carbocycles. The molecule has 0 amide bonds. The van der Waals surface area contributed by atoms with Gasteiger partial charge in [0.2, 0.25) is 0 Å². The van der Waals surface area contributed by atoms with Crippen LogP contribution in [0.15, 0.2) is 0 Å². The van der Waals surface area contributed by atoms with E-state index in [2.05, 4.69) is 29.0 Å². The highest BCUT2D eigenvalue weighted by Crippen LogP contribution is 2.32. The molecule has 5 heteroatoms. The number of carboxylic acids is 1. The van der Waals surface area contributed by atoms with Crippen LogP contribution in [0.4, 0.5) is 0 Å². The molecule has 0 radical (unpaired) electrons. The highest BCUT2D eigenvalue weighted by molar-refractivity contribution is 5.79. The summed E-state index contributed by atoms with van der Waals surface area (Å²) >= 11 is 0. The van der Waals surface area contributed by atoms with Gasteiger partial charge in [-0.1, -0.05) is 6.92 Å². The molecule has 5 nitrogen and oxygen atoms in total. The Bertz CT molecular complexity index is 355. The van der Waals surface area contributed by atoms with Crippen LogP contribution in [0.3, 0.4) is 0 Å². The van der Waals surface area contributed by atoms with Crippen LogP contribution in [0.5, 0.6) is 0 Å². The summed E-state index contributed by atoms with van der Waals surface area (Å²) in [4.78, 5) is 16.7. The molecule has 2 fully saturated rings. The van der Waals surface area contributed by atoms with Crippen molar-refractivity contribution in [2.45, 2.75) is 63.6 Å². The van der Waals surface area contributed by atoms with E-state index < -0.39 is 11.5 Å². The van der Waals surface area contributed by atoms with Gasteiger partial charge in [-0.3, -0.25) is 14.6 Å². The van der Waals surface area contributed by atoms with Crippen LogP contribution in [0, 0.1) is 0 Å². The van der Waals surface area contributed by atoms with Crippen LogP contribution in [0.25, 0.3) is 0 Å². The van der Waals surface area contributed by atoms with E-state index in [0.717, 1.165) is 51.9 Å². The largest absolute Gasteiger partial charge is 0.480 e. The summed E-state index contributed by atoms with van der Waals surface area (Å²) in [5.41, 5.74) is -0.712. The standard InChI is InChI=1S/C16H31N3O2/c1-4-13(2)18-8-10-19(11-9-18)14-6-5-7-16(12-14,17-3)15(20)21/h13-14,17H,4-12H2,1-3H3,(H,20,21). The molecule has 2 N–H and O–H groups in total. The normalized spacial score (nSPS) is 33.8. The van der Waals surface area contributed by atoms with Crippen LogP contribution in [-0.2, 0) is 4.79 Å². The number of aliphatic carboxylic acids is 1. The monoisotopic (exact) mass is 297 g/mol. The topological polar surface area (TPSA) is 55.8 Å². The summed E-state index contributed by atoms with van der Waals surface area (Å²) in [6, 6.07) is 1.08. The minimum atomic E-state index is -0.712. The molecule has 1 saturated heterocycles. The van der Waals surface area contributed by atoms with E-state index in [9.17, 15) is 9.90 Å². The first-order valence-electron chi connectivity index (χ1n) is 8.43. The average Bonchev–Trinajstić information content (AvgIpc) is 2.54. The Morgan fingerprint density at radius 1 is 1.38 bits per heavy atom. The third-order valence-corrected chi connectivity index (χ3v) is 5.69. The summed E-state index contributed by atoms with van der Waals surface area (Å²) in [7, 11) is 1.79. The molecule has 1 heterocycles. The van der Waals surface area contributed by atoms with Crippen molar-refractivity contribution in [3.63, 3.8) is 0 Å². The van der Waals surface area contributed by atoms with Gasteiger partial charge in [-0.25, -0.2) is 0 Å². The van der Waals surface area contributed by atoms with E-state index in [1.54, 1.807) is 7.05 Å². The van der Waals surface area contributed by atoms with Gasteiger partial charge in [-0.15, -0.1) is 0 Å². The van der Waals surface area contributed by atoms with Crippen LogP contribution >= 0.6 is 0 Å². The van der Waals surface area contributed by atoms with E-state index in [4.69, 9.17) is 0 Å². The van der Waals surface area contributed by atoms with Crippen molar-refractivity contribution >= 4 is 5.97 Å². The van der Waals surface area contributed by atoms with Crippen molar-refractivity contribution < 1.29 is 9.90 Å². The number of rotatable bonds is 5. The lowest BCUT2D eigenvalue weighted by atomic mass is 9.78. The number of hydrogen-bond acceptors (Lipinski definition) is 4. The lowest BCUT2D eigenvalue weighted by Gasteiger charge is -2.46. The van der Waals surface area contributed by atoms with Gasteiger partial charge in [-0.05, 0) is 46.1 Å². The third kappa shape index (κ3) is 3.58. The minimum absolute atomic E-state index is 0.418. The molecule has 122 valence electrons. The Balaban J connectivity index is 1.93. The Labute approximate surface area is 128 Å². The second-order valence-corrected chi connectivity index (χ2v) is 6.72. The molecule has 2 rings (SSSR count). The maximum Gasteiger partial charge on any atom is 0.323 e. The van der Waals surface area contributed by atoms with E-state index in [0.29, 0.717) is 12.1 Å². The van der Waals surface area contributed by atoms with Gasteiger partial charge in [0.25, 0.3) is 0 Å². The summed E-state index contributed by atoms with van der Waals surface area (Å²) in [5.74, 6) is -0.687. The van der Waals surface area contributed by atoms with Gasteiger partial charge in [0.1, 0.15) is 5.54 Å². The smallest absolute Gasteiger partial charge is 0.323 e. The van der Waals surface area contributed by atoms with Crippen molar-refractivity contribution in [3.8, 4) is 0 Å². The molecular weight excluding hydrogens is 266 g/mol. The van der Waals surface area contributed by atoms with Crippen molar-refractivity contribution in [2.24, 2.45) is 0 Å².